The minimum absolute atomic E-state index is 0.115. The van der Waals surface area contributed by atoms with E-state index >= 15 is 0 Å². The normalized spacial score (nSPS) is 12.8. The number of carbonyl (C=O) groups excluding carboxylic acids is 1. The van der Waals surface area contributed by atoms with Gasteiger partial charge >= 0.3 is 0 Å². The molecule has 0 saturated heterocycles. The highest BCUT2D eigenvalue weighted by Crippen LogP contribution is 2.27. The minimum Gasteiger partial charge on any atom is -0.612 e. The van der Waals surface area contributed by atoms with Crippen LogP contribution in [-0.4, -0.2) is 18.5 Å². The van der Waals surface area contributed by atoms with Crippen molar-refractivity contribution >= 4 is 36.5 Å². The summed E-state index contributed by atoms with van der Waals surface area (Å²) in [5.74, 6) is 0.197. The Kier molecular flexibility index (Phi) is 9.41. The molecule has 2 heterocycles. The standard InChI is InChI=1S/C24H29N2O2PS2/c1-18(2)16-22(26-29(28)17-21-7-4-14-30-21)24(27)25-13-3-6-19-9-11-20(12-10-19)23-8-5-15-31-23/h4-5,7-12,14-15,18,22H,3,6,13,16-17H2,1-2H3,(H,25,27)/t22-/m0/s1. The number of hydrogen-bond acceptors (Lipinski definition) is 5. The molecule has 2 atom stereocenters. The smallest absolute Gasteiger partial charge is 0.248 e. The van der Waals surface area contributed by atoms with Gasteiger partial charge in [0.25, 0.3) is 0 Å². The van der Waals surface area contributed by atoms with Crippen LogP contribution in [-0.2, 0) is 17.4 Å². The summed E-state index contributed by atoms with van der Waals surface area (Å²) >= 11 is 3.31. The van der Waals surface area contributed by atoms with E-state index in [0.717, 1.165) is 17.7 Å². The Bertz CT molecular complexity index is 952. The monoisotopic (exact) mass is 472 g/mol. The van der Waals surface area contributed by atoms with Gasteiger partial charge in [-0.2, -0.15) is 0 Å². The second-order valence-corrected chi connectivity index (χ2v) is 11.2. The highest BCUT2D eigenvalue weighted by Gasteiger charge is 2.22. The van der Waals surface area contributed by atoms with Gasteiger partial charge in [0.2, 0.25) is 5.91 Å². The molecule has 164 valence electrons. The van der Waals surface area contributed by atoms with Crippen molar-refractivity contribution in [3.05, 3.63) is 69.7 Å². The summed E-state index contributed by atoms with van der Waals surface area (Å²) in [7, 11) is -1.78. The predicted octanol–water partition coefficient (Wildman–Crippen LogP) is 6.08. The second kappa shape index (κ2) is 12.3. The molecule has 1 unspecified atom stereocenters. The number of carbonyl (C=O) groups is 1. The van der Waals surface area contributed by atoms with E-state index in [1.165, 1.54) is 16.0 Å². The van der Waals surface area contributed by atoms with Crippen LogP contribution in [0.25, 0.3) is 10.4 Å². The van der Waals surface area contributed by atoms with Crippen molar-refractivity contribution in [1.29, 1.82) is 0 Å². The van der Waals surface area contributed by atoms with E-state index in [-0.39, 0.29) is 5.91 Å². The fourth-order valence-electron chi connectivity index (χ4n) is 3.29. The predicted molar refractivity (Wildman–Crippen MR) is 132 cm³/mol. The number of thiophene rings is 2. The summed E-state index contributed by atoms with van der Waals surface area (Å²) in [4.78, 5) is 27.4. The number of benzene rings is 1. The molecule has 3 rings (SSSR count). The van der Waals surface area contributed by atoms with Gasteiger partial charge in [-0.1, -0.05) is 50.2 Å². The van der Waals surface area contributed by atoms with Gasteiger partial charge in [-0.15, -0.1) is 27.4 Å². The molecule has 7 heteroatoms. The SMILES string of the molecule is CC(C)C[C@H](N=[P+]([O-])Cc1cccs1)C(=O)NCCCc1ccc(-c2cccs2)cc1. The lowest BCUT2D eigenvalue weighted by molar-refractivity contribution is -0.156. The van der Waals surface area contributed by atoms with Gasteiger partial charge in [0, 0.05) is 11.4 Å². The van der Waals surface area contributed by atoms with Crippen LogP contribution in [0.5, 0.6) is 0 Å². The molecule has 1 N–H and O–H groups in total. The zero-order valence-electron chi connectivity index (χ0n) is 18.0. The van der Waals surface area contributed by atoms with Gasteiger partial charge in [-0.3, -0.25) is 4.79 Å². The first-order chi connectivity index (χ1) is 15.0. The van der Waals surface area contributed by atoms with Crippen molar-refractivity contribution in [2.24, 2.45) is 10.7 Å². The van der Waals surface area contributed by atoms with E-state index < -0.39 is 14.0 Å². The number of hydrogen-bond donors (Lipinski definition) is 1. The van der Waals surface area contributed by atoms with Crippen LogP contribution in [0.3, 0.4) is 0 Å². The van der Waals surface area contributed by atoms with Crippen LogP contribution in [0.2, 0.25) is 0 Å². The molecular weight excluding hydrogens is 443 g/mol. The van der Waals surface area contributed by atoms with Crippen LogP contribution in [0, 0.1) is 5.92 Å². The molecule has 0 fully saturated rings. The minimum atomic E-state index is -1.78. The van der Waals surface area contributed by atoms with Crippen LogP contribution in [0.15, 0.2) is 64.0 Å². The average molecular weight is 473 g/mol. The molecule has 0 aliphatic carbocycles. The fourth-order valence-corrected chi connectivity index (χ4v) is 6.10. The summed E-state index contributed by atoms with van der Waals surface area (Å²) in [6.07, 6.45) is 2.79. The number of nitrogens with one attached hydrogen (secondary N) is 1. The third-order valence-electron chi connectivity index (χ3n) is 4.84. The molecule has 3 aromatic rings. The lowest BCUT2D eigenvalue weighted by atomic mass is 10.0. The van der Waals surface area contributed by atoms with Crippen molar-refractivity contribution in [2.45, 2.75) is 45.3 Å². The quantitative estimate of drug-likeness (QED) is 0.271. The van der Waals surface area contributed by atoms with Crippen LogP contribution >= 0.6 is 30.6 Å². The first-order valence-corrected chi connectivity index (χ1v) is 13.8. The fraction of sp³-hybridized carbons (Fsp3) is 0.375. The Morgan fingerprint density at radius 3 is 2.48 bits per heavy atom. The van der Waals surface area contributed by atoms with Crippen molar-refractivity contribution < 1.29 is 9.69 Å². The molecule has 0 radical (unpaired) electrons. The Morgan fingerprint density at radius 2 is 1.84 bits per heavy atom. The average Bonchev–Trinajstić information content (AvgIpc) is 3.45. The van der Waals surface area contributed by atoms with Gasteiger partial charge in [-0.25, -0.2) is 0 Å². The third-order valence-corrected chi connectivity index (χ3v) is 7.99. The highest BCUT2D eigenvalue weighted by molar-refractivity contribution is 7.39. The molecule has 0 aliphatic heterocycles. The third kappa shape index (κ3) is 7.97. The maximum Gasteiger partial charge on any atom is 0.248 e. The topological polar surface area (TPSA) is 64.5 Å². The van der Waals surface area contributed by atoms with Gasteiger partial charge in [0.05, 0.1) is 4.88 Å². The number of aryl methyl sites for hydroxylation is 1. The number of amides is 1. The van der Waals surface area contributed by atoms with Crippen LogP contribution in [0.1, 0.15) is 37.1 Å². The van der Waals surface area contributed by atoms with E-state index in [4.69, 9.17) is 0 Å². The molecule has 0 saturated carbocycles. The summed E-state index contributed by atoms with van der Waals surface area (Å²) < 4.78 is 4.37. The van der Waals surface area contributed by atoms with Crippen LogP contribution < -0.4 is 10.2 Å². The molecule has 4 nitrogen and oxygen atoms in total. The van der Waals surface area contributed by atoms with E-state index in [1.807, 2.05) is 17.5 Å². The summed E-state index contributed by atoms with van der Waals surface area (Å²) in [5.41, 5.74) is 2.50. The Balaban J connectivity index is 1.47. The molecule has 1 aromatic carbocycles. The molecule has 0 aliphatic rings. The molecule has 0 bridgehead atoms. The first-order valence-electron chi connectivity index (χ1n) is 10.6. The second-order valence-electron chi connectivity index (χ2n) is 7.92. The van der Waals surface area contributed by atoms with Crippen molar-refractivity contribution in [1.82, 2.24) is 5.32 Å². The zero-order valence-corrected chi connectivity index (χ0v) is 20.5. The van der Waals surface area contributed by atoms with Crippen molar-refractivity contribution in [3.63, 3.8) is 0 Å². The Morgan fingerprint density at radius 1 is 1.10 bits per heavy atom. The van der Waals surface area contributed by atoms with E-state index in [2.05, 4.69) is 65.7 Å². The largest absolute Gasteiger partial charge is 0.612 e. The molecule has 31 heavy (non-hydrogen) atoms. The molecular formula is C24H29N2O2PS2. The van der Waals surface area contributed by atoms with Crippen molar-refractivity contribution in [3.8, 4) is 10.4 Å². The van der Waals surface area contributed by atoms with Crippen molar-refractivity contribution in [2.75, 3.05) is 6.54 Å². The Hall–Kier alpha value is -1.85. The number of rotatable bonds is 11. The zero-order chi connectivity index (χ0) is 22.1. The van der Waals surface area contributed by atoms with Crippen LogP contribution in [0.4, 0.5) is 0 Å². The highest BCUT2D eigenvalue weighted by atomic mass is 32.1. The molecule has 2 aromatic heterocycles. The van der Waals surface area contributed by atoms with E-state index in [1.54, 1.807) is 22.7 Å². The van der Waals surface area contributed by atoms with Gasteiger partial charge in [-0.05, 0) is 59.2 Å². The molecule has 1 amide bonds. The van der Waals surface area contributed by atoms with Gasteiger partial charge in [0.15, 0.2) is 20.1 Å². The molecule has 0 spiro atoms. The number of nitrogens with zero attached hydrogens (tertiary/aromatic N) is 1. The Labute approximate surface area is 193 Å². The summed E-state index contributed by atoms with van der Waals surface area (Å²) in [5, 5.41) is 7.05. The first kappa shape index (κ1) is 23.8. The maximum atomic E-state index is 12.7. The van der Waals surface area contributed by atoms with Gasteiger partial charge in [0.1, 0.15) is 0 Å². The maximum absolute atomic E-state index is 12.7. The lowest BCUT2D eigenvalue weighted by Crippen LogP contribution is -2.35. The lowest BCUT2D eigenvalue weighted by Gasteiger charge is -2.13. The van der Waals surface area contributed by atoms with E-state index in [0.29, 0.717) is 25.0 Å². The van der Waals surface area contributed by atoms with Gasteiger partial charge < -0.3 is 10.2 Å². The van der Waals surface area contributed by atoms with E-state index in [9.17, 15) is 9.69 Å². The summed E-state index contributed by atoms with van der Waals surface area (Å²) in [6.45, 7) is 4.71. The summed E-state index contributed by atoms with van der Waals surface area (Å²) in [6, 6.07) is 16.2.